The second kappa shape index (κ2) is 10.3. The summed E-state index contributed by atoms with van der Waals surface area (Å²) in [7, 11) is 0. The molecule has 1 aliphatic rings. The van der Waals surface area contributed by atoms with E-state index in [0.717, 1.165) is 5.69 Å². The quantitative estimate of drug-likeness (QED) is 0.220. The summed E-state index contributed by atoms with van der Waals surface area (Å²) in [5.74, 6) is -1.34. The van der Waals surface area contributed by atoms with E-state index in [2.05, 4.69) is 20.7 Å². The number of amides is 2. The first kappa shape index (κ1) is 26.6. The van der Waals surface area contributed by atoms with Crippen molar-refractivity contribution >= 4 is 40.9 Å². The number of benzene rings is 3. The Bertz CT molecular complexity index is 1660. The number of fused-ring (bicyclic) bond motifs is 1. The molecule has 3 N–H and O–H groups in total. The van der Waals surface area contributed by atoms with Crippen molar-refractivity contribution in [3.8, 4) is 5.75 Å². The average Bonchev–Trinajstić information content (AvgIpc) is 3.46. The third kappa shape index (κ3) is 5.40. The normalized spacial score (nSPS) is 14.7. The van der Waals surface area contributed by atoms with Gasteiger partial charge in [-0.1, -0.05) is 6.07 Å². The lowest BCUT2D eigenvalue weighted by atomic mass is 9.96. The second-order valence-electron chi connectivity index (χ2n) is 10.7. The number of hydrogen-bond acceptors (Lipinski definition) is 6. The van der Waals surface area contributed by atoms with E-state index < -0.39 is 5.92 Å². The van der Waals surface area contributed by atoms with Crippen LogP contribution in [0, 0.1) is 6.92 Å². The second-order valence-corrected chi connectivity index (χ2v) is 10.7. The first-order chi connectivity index (χ1) is 19.0. The molecule has 40 heavy (non-hydrogen) atoms. The summed E-state index contributed by atoms with van der Waals surface area (Å²) in [6.07, 6.45) is 1.51. The zero-order chi connectivity index (χ0) is 28.6. The van der Waals surface area contributed by atoms with E-state index in [0.29, 0.717) is 39.4 Å². The van der Waals surface area contributed by atoms with Gasteiger partial charge in [0, 0.05) is 34.8 Å². The molecule has 2 heterocycles. The van der Waals surface area contributed by atoms with E-state index in [4.69, 9.17) is 0 Å². The summed E-state index contributed by atoms with van der Waals surface area (Å²) in [4.78, 5) is 43.2. The van der Waals surface area contributed by atoms with Crippen LogP contribution < -0.4 is 10.6 Å². The van der Waals surface area contributed by atoms with Crippen LogP contribution in [0.4, 0.5) is 17.1 Å². The lowest BCUT2D eigenvalue weighted by Gasteiger charge is -2.22. The summed E-state index contributed by atoms with van der Waals surface area (Å²) in [6, 6.07) is 19.9. The molecule has 9 nitrogen and oxygen atoms in total. The Labute approximate surface area is 231 Å². The lowest BCUT2D eigenvalue weighted by Crippen LogP contribution is -2.29. The number of carbonyl (C=O) groups is 3. The van der Waals surface area contributed by atoms with Crippen LogP contribution >= 0.6 is 0 Å². The number of ketones is 1. The summed E-state index contributed by atoms with van der Waals surface area (Å²) in [5.41, 5.74) is 4.04. The molecule has 202 valence electrons. The molecule has 0 bridgehead atoms. The molecule has 3 aromatic carbocycles. The maximum Gasteiger partial charge on any atom is 0.273 e. The van der Waals surface area contributed by atoms with Gasteiger partial charge in [-0.3, -0.25) is 24.1 Å². The monoisotopic (exact) mass is 535 g/mol. The maximum absolute atomic E-state index is 13.3. The molecule has 4 aromatic rings. The number of nitrogens with one attached hydrogen (secondary N) is 2. The topological polar surface area (TPSA) is 126 Å². The highest BCUT2D eigenvalue weighted by Gasteiger charge is 2.30. The Morgan fingerprint density at radius 1 is 1.02 bits per heavy atom. The van der Waals surface area contributed by atoms with E-state index >= 15 is 0 Å². The smallest absolute Gasteiger partial charge is 0.273 e. The van der Waals surface area contributed by atoms with Gasteiger partial charge in [0.1, 0.15) is 17.4 Å². The Morgan fingerprint density at radius 2 is 1.75 bits per heavy atom. The predicted octanol–water partition coefficient (Wildman–Crippen LogP) is 5.57. The van der Waals surface area contributed by atoms with Gasteiger partial charge in [0.2, 0.25) is 5.91 Å². The zero-order valence-electron chi connectivity index (χ0n) is 22.6. The summed E-state index contributed by atoms with van der Waals surface area (Å²) in [5, 5.41) is 19.8. The fourth-order valence-corrected chi connectivity index (χ4v) is 4.55. The van der Waals surface area contributed by atoms with Crippen LogP contribution in [0.1, 0.15) is 64.4 Å². The zero-order valence-corrected chi connectivity index (χ0v) is 22.6. The van der Waals surface area contributed by atoms with Crippen molar-refractivity contribution in [2.75, 3.05) is 10.6 Å². The largest absolute Gasteiger partial charge is 0.508 e. The van der Waals surface area contributed by atoms with Crippen LogP contribution in [0.3, 0.4) is 0 Å². The number of carbonyl (C=O) groups excluding carboxylic acids is 3. The predicted molar refractivity (Wildman–Crippen MR) is 154 cm³/mol. The van der Waals surface area contributed by atoms with Gasteiger partial charge in [-0.15, -0.1) is 0 Å². The molecule has 0 saturated heterocycles. The summed E-state index contributed by atoms with van der Waals surface area (Å²) < 4.78 is 1.70. The Balaban J connectivity index is 1.33. The lowest BCUT2D eigenvalue weighted by molar-refractivity contribution is -0.115. The van der Waals surface area contributed by atoms with Gasteiger partial charge in [0.15, 0.2) is 5.78 Å². The van der Waals surface area contributed by atoms with Crippen molar-refractivity contribution in [1.29, 1.82) is 0 Å². The number of hydrogen-bond donors (Lipinski definition) is 3. The summed E-state index contributed by atoms with van der Waals surface area (Å²) >= 11 is 0. The Hall–Kier alpha value is -5.05. The number of aryl methyl sites for hydroxylation is 1. The van der Waals surface area contributed by atoms with E-state index in [9.17, 15) is 19.5 Å². The number of anilines is 2. The molecule has 0 aliphatic carbocycles. The number of phenolic OH excluding ortho intramolecular Hbond substituents is 1. The number of aromatic nitrogens is 2. The SMILES string of the molecule is Cc1cc(C(=O)Nc2ccc(C(=O)c3ccc4c(c3)C(C=Nc3cccc(O)c3)C(=O)N4)cc2)n(C(C)(C)C)n1. The molecule has 1 unspecified atom stereocenters. The minimum Gasteiger partial charge on any atom is -0.508 e. The van der Waals surface area contributed by atoms with Crippen LogP contribution in [-0.4, -0.2) is 38.7 Å². The van der Waals surface area contributed by atoms with E-state index in [-0.39, 0.29) is 28.9 Å². The van der Waals surface area contributed by atoms with Crippen molar-refractivity contribution in [2.45, 2.75) is 39.2 Å². The number of nitrogens with zero attached hydrogens (tertiary/aromatic N) is 3. The third-order valence-electron chi connectivity index (χ3n) is 6.50. The Kier molecular flexibility index (Phi) is 6.81. The van der Waals surface area contributed by atoms with E-state index in [1.807, 2.05) is 27.7 Å². The highest BCUT2D eigenvalue weighted by atomic mass is 16.3. The fraction of sp³-hybridized carbons (Fsp3) is 0.194. The van der Waals surface area contributed by atoms with Crippen LogP contribution in [0.15, 0.2) is 77.8 Å². The third-order valence-corrected chi connectivity index (χ3v) is 6.50. The first-order valence-corrected chi connectivity index (χ1v) is 12.8. The van der Waals surface area contributed by atoms with Gasteiger partial charge in [-0.05, 0) is 93.9 Å². The van der Waals surface area contributed by atoms with Gasteiger partial charge >= 0.3 is 0 Å². The van der Waals surface area contributed by atoms with Gasteiger partial charge in [0.05, 0.1) is 16.9 Å². The molecular weight excluding hydrogens is 506 g/mol. The highest BCUT2D eigenvalue weighted by Crippen LogP contribution is 2.33. The van der Waals surface area contributed by atoms with Crippen LogP contribution in [0.2, 0.25) is 0 Å². The van der Waals surface area contributed by atoms with Crippen molar-refractivity contribution in [3.05, 3.63) is 101 Å². The van der Waals surface area contributed by atoms with Crippen molar-refractivity contribution in [1.82, 2.24) is 9.78 Å². The van der Waals surface area contributed by atoms with Gasteiger partial charge in [0.25, 0.3) is 5.91 Å². The first-order valence-electron chi connectivity index (χ1n) is 12.8. The standard InChI is InChI=1S/C31H29N5O4/c1-18-14-27(36(35-18)31(2,3)4)30(40)33-21-11-8-19(9-12-21)28(38)20-10-13-26-24(15-20)25(29(39)34-26)17-32-22-6-5-7-23(37)16-22/h5-17,25,37H,1-4H3,(H,33,40)(H,34,39). The molecule has 1 atom stereocenters. The van der Waals surface area contributed by atoms with Crippen molar-refractivity contribution in [3.63, 3.8) is 0 Å². The van der Waals surface area contributed by atoms with Gasteiger partial charge < -0.3 is 15.7 Å². The highest BCUT2D eigenvalue weighted by molar-refractivity contribution is 6.15. The van der Waals surface area contributed by atoms with Crippen LogP contribution in [0.25, 0.3) is 0 Å². The fourth-order valence-electron chi connectivity index (χ4n) is 4.55. The molecule has 0 fully saturated rings. The number of aliphatic imine (C=N–C) groups is 1. The molecule has 2 amide bonds. The Morgan fingerprint density at radius 3 is 2.45 bits per heavy atom. The van der Waals surface area contributed by atoms with Crippen molar-refractivity contribution in [2.24, 2.45) is 4.99 Å². The number of aromatic hydroxyl groups is 1. The van der Waals surface area contributed by atoms with Crippen LogP contribution in [-0.2, 0) is 10.3 Å². The molecular formula is C31H29N5O4. The molecule has 0 spiro atoms. The molecule has 1 aliphatic heterocycles. The van der Waals surface area contributed by atoms with E-state index in [1.54, 1.807) is 71.4 Å². The number of phenols is 1. The minimum atomic E-state index is -0.673. The minimum absolute atomic E-state index is 0.0796. The summed E-state index contributed by atoms with van der Waals surface area (Å²) in [6.45, 7) is 7.77. The molecule has 0 saturated carbocycles. The van der Waals surface area contributed by atoms with E-state index in [1.165, 1.54) is 12.3 Å². The molecule has 9 heteroatoms. The number of rotatable bonds is 6. The average molecular weight is 536 g/mol. The maximum atomic E-state index is 13.3. The van der Waals surface area contributed by atoms with Crippen molar-refractivity contribution < 1.29 is 19.5 Å². The molecule has 5 rings (SSSR count). The molecule has 0 radical (unpaired) electrons. The van der Waals surface area contributed by atoms with Gasteiger partial charge in [-0.2, -0.15) is 5.10 Å². The van der Waals surface area contributed by atoms with Crippen LogP contribution in [0.5, 0.6) is 5.75 Å². The molecule has 1 aromatic heterocycles. The van der Waals surface area contributed by atoms with Gasteiger partial charge in [-0.25, -0.2) is 0 Å².